The second-order valence-electron chi connectivity index (χ2n) is 1.64. The Kier molecular flexibility index (Phi) is 13.7. The molecule has 0 rings (SSSR count). The van der Waals surface area contributed by atoms with Crippen molar-refractivity contribution in [2.45, 2.75) is 0 Å². The quantitative estimate of drug-likeness (QED) is 0.225. The molecule has 0 spiro atoms. The van der Waals surface area contributed by atoms with Crippen LogP contribution < -0.4 is 0 Å². The van der Waals surface area contributed by atoms with Crippen molar-refractivity contribution in [2.24, 2.45) is 0 Å². The number of esters is 2. The smallest absolute Gasteiger partial charge is 1.00 e. The average molecular weight is 290 g/mol. The van der Waals surface area contributed by atoms with Gasteiger partial charge in [0.05, 0.1) is 0 Å². The van der Waals surface area contributed by atoms with Gasteiger partial charge in [-0.1, -0.05) is 0 Å². The molecule has 0 aromatic carbocycles. The Morgan fingerprint density at radius 3 is 1.19 bits per heavy atom. The maximum Gasteiger partial charge on any atom is 2.00 e. The third-order valence-electron chi connectivity index (χ3n) is 0.701. The molecule has 0 saturated carbocycles. The number of rotatable bonds is 0. The first kappa shape index (κ1) is 21.4. The van der Waals surface area contributed by atoms with Gasteiger partial charge in [0.2, 0.25) is 0 Å². The predicted molar refractivity (Wildman–Crippen MR) is 48.8 cm³/mol. The van der Waals surface area contributed by atoms with Gasteiger partial charge in [0.15, 0.2) is 0 Å². The van der Waals surface area contributed by atoms with Crippen LogP contribution in [0.4, 0.5) is 4.79 Å². The monoisotopic (exact) mass is 290 g/mol. The molecule has 0 atom stereocenters. The molecule has 0 aliphatic heterocycles. The Balaban J connectivity index is -0.0000000563. The van der Waals surface area contributed by atoms with Crippen molar-refractivity contribution in [2.75, 3.05) is 0 Å². The van der Waals surface area contributed by atoms with Gasteiger partial charge in [-0.25, -0.2) is 24.0 Å². The van der Waals surface area contributed by atoms with Crippen LogP contribution in [0.3, 0.4) is 0 Å². The molecule has 0 saturated heterocycles. The zero-order chi connectivity index (χ0) is 11.3. The summed E-state index contributed by atoms with van der Waals surface area (Å²) < 4.78 is 6.70. The van der Waals surface area contributed by atoms with Crippen LogP contribution in [0.25, 0.3) is 0 Å². The number of carboxylic acid groups (broad SMARTS) is 2. The van der Waals surface area contributed by atoms with Crippen molar-refractivity contribution < 1.29 is 49.4 Å². The SMILES string of the molecule is O=C(OC(=O)C(=O)O)OC(=O)C(=O)O.[Ca+2].[Ca+2].[H-].[H-].[H-].[H-]. The predicted octanol–water partition coefficient (Wildman–Crippen LogP) is -1.95. The molecule has 16 heavy (non-hydrogen) atoms. The molecule has 0 unspecified atom stereocenters. The van der Waals surface area contributed by atoms with Gasteiger partial charge in [-0.15, -0.1) is 0 Å². The van der Waals surface area contributed by atoms with Gasteiger partial charge < -0.3 is 25.4 Å². The summed E-state index contributed by atoms with van der Waals surface area (Å²) in [5, 5.41) is 15.8. The first-order valence-electron chi connectivity index (χ1n) is 2.78. The standard InChI is InChI=1S/C5H2O9.2Ca.4H/c6-1(7)3(10)13-5(12)14-4(11)2(8)9;;;;;;/h(H,6,7)(H,8,9);;;;;;/q;2*+2;4*-1. The zero-order valence-electron chi connectivity index (χ0n) is 11.7. The van der Waals surface area contributed by atoms with Gasteiger partial charge in [-0.3, -0.25) is 0 Å². The van der Waals surface area contributed by atoms with Crippen LogP contribution in [0.5, 0.6) is 0 Å². The van der Waals surface area contributed by atoms with E-state index in [-0.39, 0.29) is 81.2 Å². The molecule has 0 aromatic rings. The van der Waals surface area contributed by atoms with Crippen LogP contribution in [0.15, 0.2) is 0 Å². The summed E-state index contributed by atoms with van der Waals surface area (Å²) in [7, 11) is 0. The number of carbonyl (C=O) groups is 5. The fraction of sp³-hybridized carbons (Fsp3) is 0. The molecule has 0 aromatic heterocycles. The van der Waals surface area contributed by atoms with Gasteiger partial charge in [-0.2, -0.15) is 0 Å². The van der Waals surface area contributed by atoms with Crippen molar-refractivity contribution in [3.8, 4) is 0 Å². The number of carbonyl (C=O) groups excluding carboxylic acids is 3. The summed E-state index contributed by atoms with van der Waals surface area (Å²) in [6.07, 6.45) is -2.02. The van der Waals surface area contributed by atoms with Crippen molar-refractivity contribution in [1.29, 1.82) is 0 Å². The summed E-state index contributed by atoms with van der Waals surface area (Å²) in [4.78, 5) is 50.0. The second kappa shape index (κ2) is 10.2. The Bertz CT molecular complexity index is 306. The van der Waals surface area contributed by atoms with E-state index in [4.69, 9.17) is 10.2 Å². The molecule has 0 amide bonds. The summed E-state index contributed by atoms with van der Waals surface area (Å²) in [6.45, 7) is 0. The van der Waals surface area contributed by atoms with E-state index < -0.39 is 30.0 Å². The maximum atomic E-state index is 10.3. The van der Waals surface area contributed by atoms with Gasteiger partial charge in [-0.05, 0) is 0 Å². The molecule has 0 aliphatic carbocycles. The van der Waals surface area contributed by atoms with E-state index in [0.717, 1.165) is 0 Å². The molecule has 84 valence electrons. The third-order valence-corrected chi connectivity index (χ3v) is 0.701. The van der Waals surface area contributed by atoms with Crippen LogP contribution >= 0.6 is 0 Å². The fourth-order valence-corrected chi connectivity index (χ4v) is 0.260. The van der Waals surface area contributed by atoms with Gasteiger partial charge in [0.25, 0.3) is 0 Å². The topological polar surface area (TPSA) is 144 Å². The molecule has 0 radical (unpaired) electrons. The van der Waals surface area contributed by atoms with Crippen LogP contribution in [0, 0.1) is 0 Å². The summed E-state index contributed by atoms with van der Waals surface area (Å²) in [6, 6.07) is 0. The Morgan fingerprint density at radius 2 is 1.00 bits per heavy atom. The van der Waals surface area contributed by atoms with Crippen LogP contribution in [-0.4, -0.2) is 116 Å². The summed E-state index contributed by atoms with van der Waals surface area (Å²) in [5.74, 6) is -8.17. The molecular formula is C5H6Ca2O9. The van der Waals surface area contributed by atoms with Gasteiger partial charge >= 0.3 is 106 Å². The Labute approximate surface area is 153 Å². The Hall–Kier alpha value is 0.0695. The minimum Gasteiger partial charge on any atom is -1.00 e. The van der Waals surface area contributed by atoms with Crippen molar-refractivity contribution in [1.82, 2.24) is 0 Å². The maximum absolute atomic E-state index is 10.3. The largest absolute Gasteiger partial charge is 2.00 e. The number of ether oxygens (including phenoxy) is 2. The minimum absolute atomic E-state index is 0. The van der Waals surface area contributed by atoms with Crippen molar-refractivity contribution >= 4 is 106 Å². The van der Waals surface area contributed by atoms with E-state index in [9.17, 15) is 24.0 Å². The average Bonchev–Trinajstić information content (AvgIpc) is 2.03. The van der Waals surface area contributed by atoms with Crippen LogP contribution in [-0.2, 0) is 28.7 Å². The number of hydrogen-bond donors (Lipinski definition) is 2. The van der Waals surface area contributed by atoms with Gasteiger partial charge in [0.1, 0.15) is 0 Å². The molecule has 11 heteroatoms. The molecule has 0 aliphatic rings. The first-order valence-corrected chi connectivity index (χ1v) is 2.78. The van der Waals surface area contributed by atoms with Crippen LogP contribution in [0.1, 0.15) is 5.71 Å². The third kappa shape index (κ3) is 9.31. The first-order chi connectivity index (χ1) is 6.34. The van der Waals surface area contributed by atoms with Crippen molar-refractivity contribution in [3.05, 3.63) is 0 Å². The van der Waals surface area contributed by atoms with E-state index in [2.05, 4.69) is 9.47 Å². The second-order valence-corrected chi connectivity index (χ2v) is 1.64. The normalized spacial score (nSPS) is 7.50. The molecule has 0 heterocycles. The minimum atomic E-state index is -2.09. The molecule has 9 nitrogen and oxygen atoms in total. The fourth-order valence-electron chi connectivity index (χ4n) is 0.260. The van der Waals surface area contributed by atoms with Crippen molar-refractivity contribution in [3.63, 3.8) is 0 Å². The number of hydrogen-bond acceptors (Lipinski definition) is 7. The van der Waals surface area contributed by atoms with Crippen LogP contribution in [0.2, 0.25) is 0 Å². The van der Waals surface area contributed by atoms with E-state index >= 15 is 0 Å². The number of carboxylic acids is 2. The van der Waals surface area contributed by atoms with E-state index in [1.165, 1.54) is 0 Å². The van der Waals surface area contributed by atoms with E-state index in [0.29, 0.717) is 0 Å². The number of aliphatic carboxylic acids is 2. The molecule has 0 fully saturated rings. The molecule has 2 N–H and O–H groups in total. The Morgan fingerprint density at radius 1 is 0.750 bits per heavy atom. The summed E-state index contributed by atoms with van der Waals surface area (Å²) in [5.41, 5.74) is 0. The molecular weight excluding hydrogens is 284 g/mol. The van der Waals surface area contributed by atoms with Gasteiger partial charge in [0, 0.05) is 0 Å². The summed E-state index contributed by atoms with van der Waals surface area (Å²) >= 11 is 0. The van der Waals surface area contributed by atoms with E-state index in [1.54, 1.807) is 0 Å². The van der Waals surface area contributed by atoms with E-state index in [1.807, 2.05) is 0 Å². The molecule has 0 bridgehead atoms. The zero-order valence-corrected chi connectivity index (χ0v) is 12.1.